The first-order chi connectivity index (χ1) is 11.9. The normalized spacial score (nSPS) is 9.92. The van der Waals surface area contributed by atoms with Crippen molar-refractivity contribution < 1.29 is 29.4 Å². The summed E-state index contributed by atoms with van der Waals surface area (Å²) in [6.45, 7) is 0.00650. The van der Waals surface area contributed by atoms with Gasteiger partial charge in [-0.15, -0.1) is 11.3 Å². The van der Waals surface area contributed by atoms with Crippen LogP contribution in [-0.4, -0.2) is 34.1 Å². The first-order valence-electron chi connectivity index (χ1n) is 6.87. The highest BCUT2D eigenvalue weighted by Crippen LogP contribution is 2.28. The number of para-hydroxylation sites is 1. The van der Waals surface area contributed by atoms with E-state index in [2.05, 4.69) is 10.6 Å². The van der Waals surface area contributed by atoms with Crippen LogP contribution in [0.25, 0.3) is 0 Å². The zero-order chi connectivity index (χ0) is 18.4. The van der Waals surface area contributed by atoms with Crippen molar-refractivity contribution in [1.29, 1.82) is 0 Å². The van der Waals surface area contributed by atoms with Gasteiger partial charge < -0.3 is 26.2 Å². The number of hydrogen-bond acceptors (Lipinski definition) is 5. The lowest BCUT2D eigenvalue weighted by Crippen LogP contribution is -2.27. The lowest BCUT2D eigenvalue weighted by Gasteiger charge is -2.06. The van der Waals surface area contributed by atoms with Gasteiger partial charge >= 0.3 is 23.9 Å². The molecule has 5 N–H and O–H groups in total. The molecule has 25 heavy (non-hydrogen) atoms. The van der Waals surface area contributed by atoms with Gasteiger partial charge in [-0.05, 0) is 18.2 Å². The van der Waals surface area contributed by atoms with Crippen LogP contribution in [0.3, 0.4) is 0 Å². The second-order valence-corrected chi connectivity index (χ2v) is 5.83. The number of carboxylic acids is 2. The Bertz CT molecular complexity index is 818. The van der Waals surface area contributed by atoms with Crippen LogP contribution in [0.2, 0.25) is 0 Å². The molecule has 0 saturated carbocycles. The molecule has 2 rings (SSSR count). The SMILES string of the molecule is O=C(NCc1cc(C(=O)O)c(NC(=O)C(=O)O)s1)Nc1ccccc1. The Morgan fingerprint density at radius 2 is 1.68 bits per heavy atom. The highest BCUT2D eigenvalue weighted by molar-refractivity contribution is 7.16. The van der Waals surface area contributed by atoms with E-state index in [9.17, 15) is 19.2 Å². The molecule has 0 atom stereocenters. The van der Waals surface area contributed by atoms with E-state index in [0.717, 1.165) is 11.3 Å². The van der Waals surface area contributed by atoms with Crippen molar-refractivity contribution in [1.82, 2.24) is 5.32 Å². The fourth-order valence-corrected chi connectivity index (χ4v) is 2.78. The maximum atomic E-state index is 11.8. The predicted molar refractivity (Wildman–Crippen MR) is 89.8 cm³/mol. The summed E-state index contributed by atoms with van der Waals surface area (Å²) in [5.41, 5.74) is 0.340. The molecule has 0 radical (unpaired) electrons. The lowest BCUT2D eigenvalue weighted by atomic mass is 10.3. The lowest BCUT2D eigenvalue weighted by molar-refractivity contribution is -0.147. The van der Waals surface area contributed by atoms with Crippen molar-refractivity contribution in [3.63, 3.8) is 0 Å². The summed E-state index contributed by atoms with van der Waals surface area (Å²) in [5.74, 6) is -4.39. The summed E-state index contributed by atoms with van der Waals surface area (Å²) < 4.78 is 0. The number of carboxylic acid groups (broad SMARTS) is 2. The molecule has 130 valence electrons. The van der Waals surface area contributed by atoms with E-state index in [1.807, 2.05) is 5.32 Å². The van der Waals surface area contributed by atoms with Crippen LogP contribution >= 0.6 is 11.3 Å². The van der Waals surface area contributed by atoms with Gasteiger partial charge in [0.15, 0.2) is 0 Å². The molecule has 9 nitrogen and oxygen atoms in total. The van der Waals surface area contributed by atoms with Crippen LogP contribution < -0.4 is 16.0 Å². The van der Waals surface area contributed by atoms with Crippen LogP contribution in [0.4, 0.5) is 15.5 Å². The Kier molecular flexibility index (Phi) is 5.69. The number of benzene rings is 1. The topological polar surface area (TPSA) is 145 Å². The number of hydrogen-bond donors (Lipinski definition) is 5. The van der Waals surface area contributed by atoms with E-state index in [1.54, 1.807) is 30.3 Å². The van der Waals surface area contributed by atoms with E-state index in [4.69, 9.17) is 10.2 Å². The van der Waals surface area contributed by atoms with Crippen LogP contribution in [0.1, 0.15) is 15.2 Å². The minimum atomic E-state index is -1.73. The van der Waals surface area contributed by atoms with Crippen LogP contribution in [-0.2, 0) is 16.1 Å². The fraction of sp³-hybridized carbons (Fsp3) is 0.0667. The Hall–Kier alpha value is -3.40. The molecule has 3 amide bonds. The van der Waals surface area contributed by atoms with Gasteiger partial charge in [-0.1, -0.05) is 18.2 Å². The Labute approximate surface area is 145 Å². The largest absolute Gasteiger partial charge is 0.478 e. The molecule has 0 aliphatic heterocycles. The summed E-state index contributed by atoms with van der Waals surface area (Å²) in [4.78, 5) is 45.2. The smallest absolute Gasteiger partial charge is 0.394 e. The van der Waals surface area contributed by atoms with Crippen molar-refractivity contribution in [2.75, 3.05) is 10.6 Å². The van der Waals surface area contributed by atoms with Crippen LogP contribution in [0, 0.1) is 0 Å². The first-order valence-corrected chi connectivity index (χ1v) is 7.68. The van der Waals surface area contributed by atoms with Gasteiger partial charge in [-0.25, -0.2) is 14.4 Å². The minimum absolute atomic E-state index is 0.00650. The van der Waals surface area contributed by atoms with Gasteiger partial charge in [0.25, 0.3) is 0 Å². The minimum Gasteiger partial charge on any atom is -0.478 e. The molecule has 1 heterocycles. The van der Waals surface area contributed by atoms with Crippen LogP contribution in [0.15, 0.2) is 36.4 Å². The molecule has 0 aliphatic rings. The highest BCUT2D eigenvalue weighted by Gasteiger charge is 2.20. The number of carbonyl (C=O) groups excluding carboxylic acids is 2. The van der Waals surface area contributed by atoms with Crippen molar-refractivity contribution >= 4 is 45.9 Å². The zero-order valence-electron chi connectivity index (χ0n) is 12.6. The van der Waals surface area contributed by atoms with Gasteiger partial charge in [-0.3, -0.25) is 4.79 Å². The summed E-state index contributed by atoms with van der Waals surface area (Å²) in [7, 11) is 0. The number of carbonyl (C=O) groups is 4. The van der Waals surface area contributed by atoms with E-state index < -0.39 is 23.9 Å². The molecule has 1 aromatic heterocycles. The van der Waals surface area contributed by atoms with Gasteiger partial charge in [0.1, 0.15) is 5.00 Å². The number of anilines is 2. The summed E-state index contributed by atoms with van der Waals surface area (Å²) in [5, 5.41) is 24.7. The zero-order valence-corrected chi connectivity index (χ0v) is 13.4. The third-order valence-electron chi connectivity index (χ3n) is 2.89. The number of rotatable bonds is 5. The molecule has 10 heteroatoms. The fourth-order valence-electron chi connectivity index (χ4n) is 1.80. The second-order valence-electron chi connectivity index (χ2n) is 4.69. The molecule has 1 aromatic carbocycles. The number of aliphatic carboxylic acids is 1. The molecule has 0 fully saturated rings. The number of thiophene rings is 1. The first kappa shape index (κ1) is 17.9. The number of urea groups is 1. The number of aromatic carboxylic acids is 1. The number of amides is 3. The third-order valence-corrected chi connectivity index (χ3v) is 3.94. The van der Waals surface area contributed by atoms with E-state index in [-0.39, 0.29) is 17.1 Å². The molecular weight excluding hydrogens is 350 g/mol. The van der Waals surface area contributed by atoms with Crippen molar-refractivity contribution in [3.8, 4) is 0 Å². The molecule has 0 saturated heterocycles. The van der Waals surface area contributed by atoms with Gasteiger partial charge in [0, 0.05) is 10.6 Å². The van der Waals surface area contributed by atoms with E-state index in [1.165, 1.54) is 6.07 Å². The quantitative estimate of drug-likeness (QED) is 0.512. The molecule has 0 bridgehead atoms. The summed E-state index contributed by atoms with van der Waals surface area (Å²) in [6, 6.07) is 9.48. The average Bonchev–Trinajstić information content (AvgIpc) is 2.97. The Morgan fingerprint density at radius 3 is 2.28 bits per heavy atom. The van der Waals surface area contributed by atoms with Gasteiger partial charge in [0.2, 0.25) is 0 Å². The predicted octanol–water partition coefficient (Wildman–Crippen LogP) is 1.79. The Morgan fingerprint density at radius 1 is 1.00 bits per heavy atom. The summed E-state index contributed by atoms with van der Waals surface area (Å²) >= 11 is 0.863. The standard InChI is InChI=1S/C15H13N3O6S/c19-11(14(22)23)18-12-10(13(20)21)6-9(25-12)7-16-15(24)17-8-4-2-1-3-5-8/h1-6H,7H2,(H,18,19)(H,20,21)(H,22,23)(H2,16,17,24). The third kappa shape index (κ3) is 5.04. The monoisotopic (exact) mass is 363 g/mol. The van der Waals surface area contributed by atoms with Crippen molar-refractivity contribution in [2.45, 2.75) is 6.54 Å². The summed E-state index contributed by atoms with van der Waals surface area (Å²) in [6.07, 6.45) is 0. The van der Waals surface area contributed by atoms with Crippen molar-refractivity contribution in [2.24, 2.45) is 0 Å². The van der Waals surface area contributed by atoms with Gasteiger partial charge in [-0.2, -0.15) is 0 Å². The maximum Gasteiger partial charge on any atom is 0.394 e. The Balaban J connectivity index is 2.02. The van der Waals surface area contributed by atoms with Crippen molar-refractivity contribution in [3.05, 3.63) is 46.8 Å². The maximum absolute atomic E-state index is 11.8. The molecule has 0 aliphatic carbocycles. The highest BCUT2D eigenvalue weighted by atomic mass is 32.1. The molecule has 0 spiro atoms. The molecule has 0 unspecified atom stereocenters. The number of nitrogens with one attached hydrogen (secondary N) is 3. The van der Waals surface area contributed by atoms with Crippen LogP contribution in [0.5, 0.6) is 0 Å². The van der Waals surface area contributed by atoms with E-state index in [0.29, 0.717) is 10.6 Å². The second kappa shape index (κ2) is 7.93. The van der Waals surface area contributed by atoms with E-state index >= 15 is 0 Å². The molecular formula is C15H13N3O6S. The van der Waals surface area contributed by atoms with Gasteiger partial charge in [0.05, 0.1) is 12.1 Å². The molecule has 2 aromatic rings. The average molecular weight is 363 g/mol.